The van der Waals surface area contributed by atoms with Gasteiger partial charge in [0.15, 0.2) is 0 Å². The number of carbonyl (C=O) groups is 1. The number of amides is 1. The zero-order chi connectivity index (χ0) is 20.5. The summed E-state index contributed by atoms with van der Waals surface area (Å²) in [5, 5.41) is 14.6. The third kappa shape index (κ3) is 3.73. The molecule has 0 spiro atoms. The molecule has 1 aliphatic rings. The summed E-state index contributed by atoms with van der Waals surface area (Å²) in [6, 6.07) is 10.4. The number of nitriles is 1. The number of likely N-dealkylation sites (tertiary alicyclic amines) is 1. The van der Waals surface area contributed by atoms with Crippen molar-refractivity contribution in [3.8, 4) is 17.3 Å². The molecule has 0 unspecified atom stereocenters. The van der Waals surface area contributed by atoms with Crippen molar-refractivity contribution in [2.24, 2.45) is 5.92 Å². The van der Waals surface area contributed by atoms with Crippen molar-refractivity contribution in [2.75, 3.05) is 13.1 Å². The van der Waals surface area contributed by atoms with E-state index in [0.29, 0.717) is 18.7 Å². The van der Waals surface area contributed by atoms with E-state index >= 15 is 0 Å². The second-order valence-corrected chi connectivity index (χ2v) is 8.10. The average Bonchev–Trinajstić information content (AvgIpc) is 3.23. The highest BCUT2D eigenvalue weighted by atomic mass is 16.2. The molecule has 3 aromatic rings. The molecule has 1 saturated heterocycles. The van der Waals surface area contributed by atoms with Gasteiger partial charge in [-0.25, -0.2) is 4.98 Å². The molecule has 0 radical (unpaired) electrons. The summed E-state index contributed by atoms with van der Waals surface area (Å²) in [4.78, 5) is 20.1. The topological polar surface area (TPSA) is 74.8 Å². The Bertz CT molecular complexity index is 1110. The maximum atomic E-state index is 13.4. The maximum Gasteiger partial charge on any atom is 0.254 e. The van der Waals surface area contributed by atoms with Crippen LogP contribution in [0.4, 0.5) is 0 Å². The SMILES string of the molecule is Cc1ccc2c(C(=O)N3CCC[C@@H](C#N)C3)cc(-c3cnn(C(C)C)c3)nc2c1. The zero-order valence-corrected chi connectivity index (χ0v) is 17.1. The van der Waals surface area contributed by atoms with E-state index < -0.39 is 0 Å². The van der Waals surface area contributed by atoms with Crippen LogP contribution in [0.2, 0.25) is 0 Å². The number of hydrogen-bond acceptors (Lipinski definition) is 4. The van der Waals surface area contributed by atoms with Crippen LogP contribution in [0.25, 0.3) is 22.2 Å². The summed E-state index contributed by atoms with van der Waals surface area (Å²) >= 11 is 0. The Morgan fingerprint density at radius 1 is 1.31 bits per heavy atom. The first-order valence-electron chi connectivity index (χ1n) is 10.1. The second kappa shape index (κ2) is 7.67. The molecule has 1 aromatic carbocycles. The molecule has 148 valence electrons. The van der Waals surface area contributed by atoms with Gasteiger partial charge in [0.25, 0.3) is 5.91 Å². The second-order valence-electron chi connectivity index (χ2n) is 8.10. The highest BCUT2D eigenvalue weighted by Gasteiger charge is 2.26. The molecule has 0 N–H and O–H groups in total. The first kappa shape index (κ1) is 19.1. The molecule has 0 saturated carbocycles. The van der Waals surface area contributed by atoms with Crippen molar-refractivity contribution in [2.45, 2.75) is 39.7 Å². The largest absolute Gasteiger partial charge is 0.337 e. The molecule has 0 bridgehead atoms. The molecule has 1 aliphatic heterocycles. The zero-order valence-electron chi connectivity index (χ0n) is 17.1. The summed E-state index contributed by atoms with van der Waals surface area (Å²) in [6.07, 6.45) is 5.48. The van der Waals surface area contributed by atoms with Crippen LogP contribution in [-0.4, -0.2) is 38.7 Å². The fourth-order valence-electron chi connectivity index (χ4n) is 3.85. The Hall–Kier alpha value is -3.20. The van der Waals surface area contributed by atoms with Crippen LogP contribution in [0, 0.1) is 24.2 Å². The van der Waals surface area contributed by atoms with Gasteiger partial charge in [-0.3, -0.25) is 9.48 Å². The molecule has 2 aromatic heterocycles. The summed E-state index contributed by atoms with van der Waals surface area (Å²) in [5.74, 6) is -0.120. The fraction of sp³-hybridized carbons (Fsp3) is 0.391. The van der Waals surface area contributed by atoms with Crippen molar-refractivity contribution >= 4 is 16.8 Å². The van der Waals surface area contributed by atoms with E-state index in [2.05, 4.69) is 25.0 Å². The normalized spacial score (nSPS) is 16.9. The number of nitrogens with zero attached hydrogens (tertiary/aromatic N) is 5. The molecule has 1 amide bonds. The van der Waals surface area contributed by atoms with Crippen molar-refractivity contribution < 1.29 is 4.79 Å². The minimum atomic E-state index is -0.0909. The smallest absolute Gasteiger partial charge is 0.254 e. The molecule has 1 fully saturated rings. The lowest BCUT2D eigenvalue weighted by Crippen LogP contribution is -2.39. The maximum absolute atomic E-state index is 13.4. The fourth-order valence-corrected chi connectivity index (χ4v) is 3.85. The molecular weight excluding hydrogens is 362 g/mol. The van der Waals surface area contributed by atoms with Gasteiger partial charge in [0.1, 0.15) is 0 Å². The van der Waals surface area contributed by atoms with Gasteiger partial charge in [0.05, 0.1) is 35.0 Å². The van der Waals surface area contributed by atoms with Crippen LogP contribution >= 0.6 is 0 Å². The first-order valence-corrected chi connectivity index (χ1v) is 10.1. The van der Waals surface area contributed by atoms with E-state index in [1.807, 2.05) is 47.0 Å². The van der Waals surface area contributed by atoms with E-state index in [-0.39, 0.29) is 17.9 Å². The number of benzene rings is 1. The van der Waals surface area contributed by atoms with Crippen molar-refractivity contribution in [3.05, 3.63) is 47.8 Å². The van der Waals surface area contributed by atoms with Crippen LogP contribution in [0.5, 0.6) is 0 Å². The van der Waals surface area contributed by atoms with Gasteiger partial charge in [-0.2, -0.15) is 10.4 Å². The Morgan fingerprint density at radius 3 is 2.86 bits per heavy atom. The quantitative estimate of drug-likeness (QED) is 0.669. The molecule has 1 atom stereocenters. The number of aryl methyl sites for hydroxylation is 1. The average molecular weight is 387 g/mol. The molecule has 3 heterocycles. The Balaban J connectivity index is 1.81. The summed E-state index contributed by atoms with van der Waals surface area (Å²) in [5.41, 5.74) is 4.18. The molecule has 29 heavy (non-hydrogen) atoms. The van der Waals surface area contributed by atoms with Gasteiger partial charge < -0.3 is 4.90 Å². The van der Waals surface area contributed by atoms with Crippen LogP contribution in [-0.2, 0) is 0 Å². The van der Waals surface area contributed by atoms with E-state index in [9.17, 15) is 10.1 Å². The van der Waals surface area contributed by atoms with Gasteiger partial charge >= 0.3 is 0 Å². The lowest BCUT2D eigenvalue weighted by atomic mass is 9.97. The monoisotopic (exact) mass is 387 g/mol. The van der Waals surface area contributed by atoms with Crippen LogP contribution < -0.4 is 0 Å². The lowest BCUT2D eigenvalue weighted by molar-refractivity contribution is 0.0701. The van der Waals surface area contributed by atoms with Gasteiger partial charge in [-0.1, -0.05) is 12.1 Å². The molecule has 4 rings (SSSR count). The number of piperidine rings is 1. The van der Waals surface area contributed by atoms with Gasteiger partial charge in [-0.05, 0) is 51.3 Å². The Labute approximate surface area is 170 Å². The lowest BCUT2D eigenvalue weighted by Gasteiger charge is -2.30. The van der Waals surface area contributed by atoms with Gasteiger partial charge in [0.2, 0.25) is 0 Å². The van der Waals surface area contributed by atoms with Crippen molar-refractivity contribution in [3.63, 3.8) is 0 Å². The van der Waals surface area contributed by atoms with Crippen LogP contribution in [0.1, 0.15) is 48.7 Å². The number of aromatic nitrogens is 3. The molecule has 6 heteroatoms. The van der Waals surface area contributed by atoms with Gasteiger partial charge in [-0.15, -0.1) is 0 Å². The molecule has 6 nitrogen and oxygen atoms in total. The first-order chi connectivity index (χ1) is 14.0. The summed E-state index contributed by atoms with van der Waals surface area (Å²) < 4.78 is 1.89. The third-order valence-electron chi connectivity index (χ3n) is 5.51. The molecule has 0 aliphatic carbocycles. The highest BCUT2D eigenvalue weighted by Crippen LogP contribution is 2.28. The number of fused-ring (bicyclic) bond motifs is 1. The van der Waals surface area contributed by atoms with Crippen LogP contribution in [0.3, 0.4) is 0 Å². The minimum absolute atomic E-state index is 0.0290. The molecular formula is C23H25N5O. The Morgan fingerprint density at radius 2 is 2.14 bits per heavy atom. The van der Waals surface area contributed by atoms with Crippen LogP contribution in [0.15, 0.2) is 36.7 Å². The summed E-state index contributed by atoms with van der Waals surface area (Å²) in [7, 11) is 0. The number of pyridine rings is 1. The predicted molar refractivity (Wildman–Crippen MR) is 112 cm³/mol. The van der Waals surface area contributed by atoms with Crippen molar-refractivity contribution in [1.29, 1.82) is 5.26 Å². The van der Waals surface area contributed by atoms with E-state index in [1.54, 1.807) is 6.20 Å². The van der Waals surface area contributed by atoms with E-state index in [0.717, 1.165) is 40.6 Å². The Kier molecular flexibility index (Phi) is 5.06. The number of rotatable bonds is 3. The predicted octanol–water partition coefficient (Wildman–Crippen LogP) is 4.36. The number of hydrogen-bond donors (Lipinski definition) is 0. The third-order valence-corrected chi connectivity index (χ3v) is 5.51. The standard InChI is InChI=1S/C23H25N5O/c1-15(2)28-14-18(12-25-28)21-10-20(19-7-6-16(3)9-22(19)26-21)23(29)27-8-4-5-17(11-24)13-27/h6-7,9-10,12,14-15,17H,4-5,8,13H2,1-3H3/t17-/m0/s1. The summed E-state index contributed by atoms with van der Waals surface area (Å²) in [6.45, 7) is 7.35. The van der Waals surface area contributed by atoms with E-state index in [4.69, 9.17) is 4.98 Å². The number of carbonyl (C=O) groups excluding carboxylic acids is 1. The van der Waals surface area contributed by atoms with Crippen molar-refractivity contribution in [1.82, 2.24) is 19.7 Å². The highest BCUT2D eigenvalue weighted by molar-refractivity contribution is 6.07. The van der Waals surface area contributed by atoms with Gasteiger partial charge in [0, 0.05) is 36.3 Å². The van der Waals surface area contributed by atoms with E-state index in [1.165, 1.54) is 0 Å². The minimum Gasteiger partial charge on any atom is -0.337 e.